The molecule has 0 radical (unpaired) electrons. The van der Waals surface area contributed by atoms with E-state index >= 15 is 0 Å². The van der Waals surface area contributed by atoms with Gasteiger partial charge in [0, 0.05) is 12.1 Å². The van der Waals surface area contributed by atoms with E-state index in [-0.39, 0.29) is 34.1 Å². The lowest BCUT2D eigenvalue weighted by Crippen LogP contribution is -2.14. The summed E-state index contributed by atoms with van der Waals surface area (Å²) in [6, 6.07) is 16.2. The van der Waals surface area contributed by atoms with Crippen LogP contribution in [0.3, 0.4) is 0 Å². The number of ether oxygens (including phenoxy) is 2. The summed E-state index contributed by atoms with van der Waals surface area (Å²) in [7, 11) is 0. The second-order valence-electron chi connectivity index (χ2n) is 5.80. The molecule has 0 spiro atoms. The molecule has 0 aliphatic heterocycles. The maximum absolute atomic E-state index is 12.4. The maximum atomic E-state index is 12.4. The molecule has 0 aliphatic rings. The van der Waals surface area contributed by atoms with Crippen LogP contribution in [0.5, 0.6) is 23.0 Å². The van der Waals surface area contributed by atoms with E-state index in [0.29, 0.717) is 5.56 Å². The number of rotatable bonds is 4. The predicted octanol–water partition coefficient (Wildman–Crippen LogP) is 3.84. The SMILES string of the molecule is Cc1ccc(C(=O)Oc2cccc(O)c2)cc1C(=O)Oc1cccc(O)c1. The Morgan fingerprint density at radius 3 is 1.85 bits per heavy atom. The largest absolute Gasteiger partial charge is 0.508 e. The third-order valence-electron chi connectivity index (χ3n) is 3.75. The zero-order chi connectivity index (χ0) is 19.4. The molecule has 3 rings (SSSR count). The van der Waals surface area contributed by atoms with Gasteiger partial charge < -0.3 is 19.7 Å². The molecule has 0 atom stereocenters. The van der Waals surface area contributed by atoms with Crippen LogP contribution in [0, 0.1) is 6.92 Å². The number of hydrogen-bond donors (Lipinski definition) is 2. The minimum absolute atomic E-state index is 0.0273. The molecule has 0 aliphatic carbocycles. The van der Waals surface area contributed by atoms with E-state index in [4.69, 9.17) is 9.47 Å². The Morgan fingerprint density at radius 2 is 1.30 bits per heavy atom. The van der Waals surface area contributed by atoms with Crippen molar-refractivity contribution in [3.8, 4) is 23.0 Å². The Hall–Kier alpha value is -3.80. The van der Waals surface area contributed by atoms with E-state index in [9.17, 15) is 19.8 Å². The molecular formula is C21H16O6. The molecular weight excluding hydrogens is 348 g/mol. The first-order chi connectivity index (χ1) is 12.9. The van der Waals surface area contributed by atoms with E-state index < -0.39 is 11.9 Å². The standard InChI is InChI=1S/C21H16O6/c1-13-8-9-14(20(24)26-17-6-2-4-15(22)11-17)10-19(13)21(25)27-18-7-3-5-16(23)12-18/h2-12,22-23H,1H3. The average Bonchev–Trinajstić information content (AvgIpc) is 2.62. The first kappa shape index (κ1) is 18.0. The topological polar surface area (TPSA) is 93.1 Å². The lowest BCUT2D eigenvalue weighted by atomic mass is 10.1. The summed E-state index contributed by atoms with van der Waals surface area (Å²) in [6.45, 7) is 1.71. The molecule has 0 unspecified atom stereocenters. The zero-order valence-corrected chi connectivity index (χ0v) is 14.4. The van der Waals surface area contributed by atoms with Gasteiger partial charge in [0.15, 0.2) is 0 Å². The molecule has 6 nitrogen and oxygen atoms in total. The third-order valence-corrected chi connectivity index (χ3v) is 3.75. The summed E-state index contributed by atoms with van der Waals surface area (Å²) in [4.78, 5) is 24.8. The van der Waals surface area contributed by atoms with E-state index in [0.717, 1.165) is 0 Å². The van der Waals surface area contributed by atoms with Gasteiger partial charge in [-0.3, -0.25) is 0 Å². The number of aromatic hydroxyl groups is 2. The van der Waals surface area contributed by atoms with E-state index in [1.165, 1.54) is 48.5 Å². The number of benzene rings is 3. The van der Waals surface area contributed by atoms with Crippen molar-refractivity contribution in [1.82, 2.24) is 0 Å². The van der Waals surface area contributed by atoms with Gasteiger partial charge in [-0.25, -0.2) is 9.59 Å². The molecule has 2 N–H and O–H groups in total. The summed E-state index contributed by atoms with van der Waals surface area (Å²) >= 11 is 0. The van der Waals surface area contributed by atoms with Gasteiger partial charge in [0.2, 0.25) is 0 Å². The number of hydrogen-bond acceptors (Lipinski definition) is 6. The summed E-state index contributed by atoms with van der Waals surface area (Å²) in [6.07, 6.45) is 0. The van der Waals surface area contributed by atoms with Crippen LogP contribution in [0.25, 0.3) is 0 Å². The zero-order valence-electron chi connectivity index (χ0n) is 14.4. The Labute approximate surface area is 155 Å². The second-order valence-corrected chi connectivity index (χ2v) is 5.80. The van der Waals surface area contributed by atoms with Gasteiger partial charge in [0.1, 0.15) is 23.0 Å². The number of esters is 2. The summed E-state index contributed by atoms with van der Waals surface area (Å²) in [5.74, 6) is -1.02. The van der Waals surface area contributed by atoms with Crippen LogP contribution in [0.4, 0.5) is 0 Å². The van der Waals surface area contributed by atoms with Gasteiger partial charge in [-0.05, 0) is 48.9 Å². The Balaban J connectivity index is 1.81. The highest BCUT2D eigenvalue weighted by molar-refractivity contribution is 5.97. The quantitative estimate of drug-likeness (QED) is 0.540. The van der Waals surface area contributed by atoms with Crippen molar-refractivity contribution >= 4 is 11.9 Å². The van der Waals surface area contributed by atoms with E-state index in [1.54, 1.807) is 25.1 Å². The molecule has 6 heteroatoms. The van der Waals surface area contributed by atoms with Gasteiger partial charge in [-0.15, -0.1) is 0 Å². The normalized spacial score (nSPS) is 10.3. The molecule has 136 valence electrons. The van der Waals surface area contributed by atoms with Crippen LogP contribution in [0.1, 0.15) is 26.3 Å². The fourth-order valence-electron chi connectivity index (χ4n) is 2.39. The molecule has 27 heavy (non-hydrogen) atoms. The fourth-order valence-corrected chi connectivity index (χ4v) is 2.39. The maximum Gasteiger partial charge on any atom is 0.343 e. The molecule has 3 aromatic carbocycles. The molecule has 0 fully saturated rings. The highest BCUT2D eigenvalue weighted by Gasteiger charge is 2.17. The van der Waals surface area contributed by atoms with Crippen LogP contribution in [-0.4, -0.2) is 22.2 Å². The predicted molar refractivity (Wildman–Crippen MR) is 97.3 cm³/mol. The van der Waals surface area contributed by atoms with Crippen LogP contribution >= 0.6 is 0 Å². The lowest BCUT2D eigenvalue weighted by molar-refractivity contribution is 0.0733. The van der Waals surface area contributed by atoms with Crippen LogP contribution < -0.4 is 9.47 Å². The van der Waals surface area contributed by atoms with Crippen molar-refractivity contribution in [2.24, 2.45) is 0 Å². The van der Waals surface area contributed by atoms with Crippen LogP contribution in [0.2, 0.25) is 0 Å². The highest BCUT2D eigenvalue weighted by Crippen LogP contribution is 2.22. The Kier molecular flexibility index (Phi) is 5.08. The van der Waals surface area contributed by atoms with Crippen molar-refractivity contribution in [3.63, 3.8) is 0 Å². The van der Waals surface area contributed by atoms with Crippen LogP contribution in [0.15, 0.2) is 66.7 Å². The smallest absolute Gasteiger partial charge is 0.343 e. The van der Waals surface area contributed by atoms with Crippen molar-refractivity contribution in [1.29, 1.82) is 0 Å². The molecule has 0 amide bonds. The summed E-state index contributed by atoms with van der Waals surface area (Å²) < 4.78 is 10.5. The first-order valence-electron chi connectivity index (χ1n) is 8.05. The summed E-state index contributed by atoms with van der Waals surface area (Å²) in [5, 5.41) is 18.9. The minimum Gasteiger partial charge on any atom is -0.508 e. The van der Waals surface area contributed by atoms with Crippen molar-refractivity contribution in [2.75, 3.05) is 0 Å². The molecule has 0 heterocycles. The molecule has 0 bridgehead atoms. The van der Waals surface area contributed by atoms with E-state index in [2.05, 4.69) is 0 Å². The third kappa shape index (κ3) is 4.43. The number of aryl methyl sites for hydroxylation is 1. The number of phenols is 2. The first-order valence-corrected chi connectivity index (χ1v) is 8.05. The average molecular weight is 364 g/mol. The lowest BCUT2D eigenvalue weighted by Gasteiger charge is -2.09. The van der Waals surface area contributed by atoms with Crippen molar-refractivity contribution in [2.45, 2.75) is 6.92 Å². The number of carbonyl (C=O) groups is 2. The number of carbonyl (C=O) groups excluding carboxylic acids is 2. The highest BCUT2D eigenvalue weighted by atomic mass is 16.5. The van der Waals surface area contributed by atoms with Gasteiger partial charge in [0.05, 0.1) is 11.1 Å². The van der Waals surface area contributed by atoms with E-state index in [1.807, 2.05) is 0 Å². The summed E-state index contributed by atoms with van der Waals surface area (Å²) in [5.41, 5.74) is 0.976. The molecule has 0 saturated carbocycles. The molecule has 0 saturated heterocycles. The van der Waals surface area contributed by atoms with Crippen molar-refractivity contribution < 1.29 is 29.3 Å². The second kappa shape index (κ2) is 7.61. The Morgan fingerprint density at radius 1 is 0.741 bits per heavy atom. The van der Waals surface area contributed by atoms with Crippen LogP contribution in [-0.2, 0) is 0 Å². The van der Waals surface area contributed by atoms with Crippen molar-refractivity contribution in [3.05, 3.63) is 83.4 Å². The molecule has 0 aromatic heterocycles. The number of phenolic OH excluding ortho intramolecular Hbond substituents is 2. The monoisotopic (exact) mass is 364 g/mol. The van der Waals surface area contributed by atoms with Gasteiger partial charge in [-0.2, -0.15) is 0 Å². The van der Waals surface area contributed by atoms with Gasteiger partial charge in [-0.1, -0.05) is 18.2 Å². The Bertz CT molecular complexity index is 1010. The minimum atomic E-state index is -0.674. The molecule has 3 aromatic rings. The van der Waals surface area contributed by atoms with Gasteiger partial charge in [0.25, 0.3) is 0 Å². The fraction of sp³-hybridized carbons (Fsp3) is 0.0476. The van der Waals surface area contributed by atoms with Gasteiger partial charge >= 0.3 is 11.9 Å².